The second kappa shape index (κ2) is 20.6. The number of benzene rings is 3. The number of hydrogen-bond acceptors (Lipinski definition) is 11. The third-order valence-corrected chi connectivity index (χ3v) is 11.4. The molecule has 3 aromatic rings. The Morgan fingerprint density at radius 2 is 1.76 bits per heavy atom. The first-order valence-electron chi connectivity index (χ1n) is 20.2. The number of aliphatic hydroxyl groups excluding tert-OH is 2. The fourth-order valence-electron chi connectivity index (χ4n) is 8.87. The van der Waals surface area contributed by atoms with Gasteiger partial charge in [-0.05, 0) is 79.0 Å². The molecule has 1 saturated carbocycles. The maximum Gasteiger partial charge on any atom is 0.410 e. The second-order valence-electron chi connectivity index (χ2n) is 15.0. The lowest BCUT2D eigenvalue weighted by atomic mass is 9.55. The SMILES string of the molecule is C=CCOC12Oc3ccc(Oc4cccc(C=O)c4)cc3C3C(CCCCO)C(CCCCO)C=C(C(=NOC)CC1N(C)C(=O)OCCOCc1ccccc1)C32. The largest absolute Gasteiger partial charge is 0.459 e. The van der Waals surface area contributed by atoms with E-state index in [0.29, 0.717) is 48.0 Å². The average Bonchev–Trinajstić information content (AvgIpc) is 3.24. The minimum absolute atomic E-state index is 0.0450. The van der Waals surface area contributed by atoms with Crippen molar-refractivity contribution in [2.75, 3.05) is 47.2 Å². The molecule has 2 N–H and O–H groups in total. The van der Waals surface area contributed by atoms with Crippen molar-refractivity contribution in [1.82, 2.24) is 4.90 Å². The van der Waals surface area contributed by atoms with Crippen molar-refractivity contribution in [3.8, 4) is 17.2 Å². The number of carbonyl (C=O) groups excluding carboxylic acids is 2. The van der Waals surface area contributed by atoms with Gasteiger partial charge in [0.1, 0.15) is 43.3 Å². The number of aliphatic hydroxyl groups is 2. The topological polar surface area (TPSA) is 146 Å². The van der Waals surface area contributed by atoms with Crippen molar-refractivity contribution in [3.05, 3.63) is 114 Å². The van der Waals surface area contributed by atoms with E-state index in [2.05, 4.69) is 17.8 Å². The Morgan fingerprint density at radius 1 is 0.983 bits per heavy atom. The average molecular weight is 797 g/mol. The van der Waals surface area contributed by atoms with E-state index in [1.807, 2.05) is 48.5 Å². The molecular weight excluding hydrogens is 741 g/mol. The Hall–Kier alpha value is -5.01. The van der Waals surface area contributed by atoms with Crippen molar-refractivity contribution in [3.63, 3.8) is 0 Å². The first-order chi connectivity index (χ1) is 28.4. The summed E-state index contributed by atoms with van der Waals surface area (Å²) in [6.45, 7) is 4.95. The van der Waals surface area contributed by atoms with E-state index in [0.717, 1.165) is 48.7 Å². The van der Waals surface area contributed by atoms with E-state index >= 15 is 0 Å². The molecule has 1 fully saturated rings. The van der Waals surface area contributed by atoms with Crippen LogP contribution in [0.15, 0.2) is 102 Å². The molecule has 1 amide bonds. The van der Waals surface area contributed by atoms with Crippen LogP contribution >= 0.6 is 0 Å². The van der Waals surface area contributed by atoms with Gasteiger partial charge in [-0.15, -0.1) is 6.58 Å². The standard InChI is InChI=1S/C46H56N2O10/c1-4-23-56-46-42(48(2)45(52)55-25-24-54-31-32-13-6-5-7-14-32)29-40(47-53-3)38-27-34(16-8-10-21-49)37(18-9-11-22-50)43(44(38)46)39-28-36(19-20-41(39)58-46)57-35-17-12-15-33(26-35)30-51/h4-7,12-15,17,19-20,26-28,30,34,37,42-44,49-50H,1,8-11,16,18,21-25,29,31H2,2-3H3. The number of hydrogen-bond donors (Lipinski definition) is 2. The summed E-state index contributed by atoms with van der Waals surface area (Å²) in [5.41, 5.74) is 4.04. The van der Waals surface area contributed by atoms with Crippen LogP contribution in [-0.4, -0.2) is 92.2 Å². The molecule has 6 unspecified atom stereocenters. The Morgan fingerprint density at radius 3 is 2.50 bits per heavy atom. The summed E-state index contributed by atoms with van der Waals surface area (Å²) in [4.78, 5) is 32.6. The number of fused-ring (bicyclic) bond motifs is 2. The maximum absolute atomic E-state index is 14.0. The van der Waals surface area contributed by atoms with Gasteiger partial charge in [0.25, 0.3) is 0 Å². The molecule has 0 aromatic heterocycles. The van der Waals surface area contributed by atoms with E-state index in [4.69, 9.17) is 28.5 Å². The number of unbranched alkanes of at least 4 members (excludes halogenated alkanes) is 2. The number of allylic oxidation sites excluding steroid dienone is 1. The lowest BCUT2D eigenvalue weighted by Crippen LogP contribution is -2.69. The molecule has 3 aliphatic rings. The fraction of sp³-hybridized carbons (Fsp3) is 0.457. The molecule has 2 aliphatic carbocycles. The Bertz CT molecular complexity index is 1900. The number of nitrogens with zero attached hydrogens (tertiary/aromatic N) is 2. The van der Waals surface area contributed by atoms with Crippen LogP contribution in [0.25, 0.3) is 0 Å². The van der Waals surface area contributed by atoms with E-state index < -0.39 is 23.8 Å². The first-order valence-corrected chi connectivity index (χ1v) is 20.2. The van der Waals surface area contributed by atoms with Gasteiger partial charge < -0.3 is 43.6 Å². The number of rotatable bonds is 21. The summed E-state index contributed by atoms with van der Waals surface area (Å²) in [7, 11) is 3.20. The van der Waals surface area contributed by atoms with Crippen LogP contribution in [0.2, 0.25) is 0 Å². The molecule has 1 aliphatic heterocycles. The molecule has 0 spiro atoms. The molecule has 0 bridgehead atoms. The molecule has 58 heavy (non-hydrogen) atoms. The van der Waals surface area contributed by atoms with Gasteiger partial charge in [0, 0.05) is 43.7 Å². The number of ether oxygens (including phenoxy) is 5. The van der Waals surface area contributed by atoms with Crippen LogP contribution in [0.1, 0.15) is 72.3 Å². The predicted molar refractivity (Wildman–Crippen MR) is 219 cm³/mol. The molecule has 6 atom stereocenters. The quantitative estimate of drug-likeness (QED) is 0.0473. The summed E-state index contributed by atoms with van der Waals surface area (Å²) in [6, 6.07) is 21.8. The highest BCUT2D eigenvalue weighted by Crippen LogP contribution is 2.62. The lowest BCUT2D eigenvalue weighted by molar-refractivity contribution is -0.253. The van der Waals surface area contributed by atoms with Crippen LogP contribution in [0.4, 0.5) is 4.79 Å². The van der Waals surface area contributed by atoms with Crippen LogP contribution in [0.3, 0.4) is 0 Å². The number of oxime groups is 1. The normalized spacial score (nSPS) is 23.8. The summed E-state index contributed by atoms with van der Waals surface area (Å²) in [5, 5.41) is 24.2. The highest BCUT2D eigenvalue weighted by molar-refractivity contribution is 6.02. The Labute approximate surface area is 341 Å². The van der Waals surface area contributed by atoms with Gasteiger partial charge in [-0.3, -0.25) is 4.79 Å². The van der Waals surface area contributed by atoms with Gasteiger partial charge in [-0.2, -0.15) is 0 Å². The first kappa shape index (κ1) is 42.6. The smallest absolute Gasteiger partial charge is 0.410 e. The lowest BCUT2D eigenvalue weighted by Gasteiger charge is -2.59. The maximum atomic E-state index is 14.0. The minimum atomic E-state index is -1.41. The zero-order valence-corrected chi connectivity index (χ0v) is 33.5. The molecule has 310 valence electrons. The molecule has 12 heteroatoms. The van der Waals surface area contributed by atoms with Crippen LogP contribution in [-0.2, 0) is 25.7 Å². The van der Waals surface area contributed by atoms with Gasteiger partial charge in [0.2, 0.25) is 5.79 Å². The van der Waals surface area contributed by atoms with Gasteiger partial charge in [0.15, 0.2) is 0 Å². The van der Waals surface area contributed by atoms with Crippen LogP contribution in [0, 0.1) is 17.8 Å². The second-order valence-corrected chi connectivity index (χ2v) is 15.0. The number of likely N-dealkylation sites (N-methyl/N-ethyl adjacent to an activating group) is 1. The monoisotopic (exact) mass is 796 g/mol. The molecule has 12 nitrogen and oxygen atoms in total. The van der Waals surface area contributed by atoms with E-state index in [1.165, 1.54) is 12.0 Å². The van der Waals surface area contributed by atoms with Gasteiger partial charge in [-0.25, -0.2) is 4.79 Å². The number of carbonyl (C=O) groups is 2. The molecule has 0 radical (unpaired) electrons. The zero-order valence-electron chi connectivity index (χ0n) is 33.5. The molecule has 3 aromatic carbocycles. The zero-order chi connectivity index (χ0) is 40.9. The van der Waals surface area contributed by atoms with Crippen molar-refractivity contribution >= 4 is 18.1 Å². The highest BCUT2D eigenvalue weighted by atomic mass is 16.7. The molecular formula is C46H56N2O10. The predicted octanol–water partition coefficient (Wildman–Crippen LogP) is 7.84. The summed E-state index contributed by atoms with van der Waals surface area (Å²) in [5.74, 6) is -0.299. The van der Waals surface area contributed by atoms with Gasteiger partial charge >= 0.3 is 6.09 Å². The van der Waals surface area contributed by atoms with Gasteiger partial charge in [0.05, 0.1) is 31.5 Å². The van der Waals surface area contributed by atoms with Gasteiger partial charge in [-0.1, -0.05) is 72.6 Å². The van der Waals surface area contributed by atoms with Crippen molar-refractivity contribution in [2.24, 2.45) is 22.9 Å². The fourth-order valence-corrected chi connectivity index (χ4v) is 8.87. The minimum Gasteiger partial charge on any atom is -0.459 e. The molecule has 0 saturated heterocycles. The summed E-state index contributed by atoms with van der Waals surface area (Å²) in [6.07, 6.45) is 8.97. The van der Waals surface area contributed by atoms with E-state index in [1.54, 1.807) is 37.4 Å². The molecule has 1 heterocycles. The summed E-state index contributed by atoms with van der Waals surface area (Å²) < 4.78 is 32.0. The Balaban J connectivity index is 1.42. The van der Waals surface area contributed by atoms with Crippen molar-refractivity contribution in [2.45, 2.75) is 69.3 Å². The van der Waals surface area contributed by atoms with Crippen molar-refractivity contribution < 1.29 is 48.3 Å². The number of amides is 1. The number of aldehydes is 1. The van der Waals surface area contributed by atoms with Crippen molar-refractivity contribution in [1.29, 1.82) is 0 Å². The summed E-state index contributed by atoms with van der Waals surface area (Å²) >= 11 is 0. The third kappa shape index (κ3) is 9.64. The van der Waals surface area contributed by atoms with Crippen LogP contribution < -0.4 is 9.47 Å². The third-order valence-electron chi connectivity index (χ3n) is 11.4. The van der Waals surface area contributed by atoms with E-state index in [9.17, 15) is 19.8 Å². The Kier molecular flexibility index (Phi) is 15.1. The highest BCUT2D eigenvalue weighted by Gasteiger charge is 2.65. The molecule has 6 rings (SSSR count). The van der Waals surface area contributed by atoms with E-state index in [-0.39, 0.29) is 57.2 Å². The van der Waals surface area contributed by atoms with Crippen LogP contribution in [0.5, 0.6) is 17.2 Å².